The number of nitrogens with zero attached hydrogens (tertiary/aromatic N) is 2. The third-order valence-corrected chi connectivity index (χ3v) is 2.82. The highest BCUT2D eigenvalue weighted by molar-refractivity contribution is 5.75. The lowest BCUT2D eigenvalue weighted by molar-refractivity contribution is -0.135. The van der Waals surface area contributed by atoms with E-state index in [1.807, 2.05) is 19.9 Å². The molecule has 96 valence electrons. The maximum atomic E-state index is 13.1. The lowest BCUT2D eigenvalue weighted by Crippen LogP contribution is -2.37. The van der Waals surface area contributed by atoms with Crippen molar-refractivity contribution in [3.8, 4) is 6.07 Å². The fourth-order valence-corrected chi connectivity index (χ4v) is 1.69. The van der Waals surface area contributed by atoms with Gasteiger partial charge in [0, 0.05) is 6.04 Å². The molecule has 0 bridgehead atoms. The topological polar surface area (TPSA) is 64.3 Å². The highest BCUT2D eigenvalue weighted by Crippen LogP contribution is 2.23. The normalized spacial score (nSPS) is 11.7. The average Bonchev–Trinajstić information content (AvgIpc) is 2.35. The van der Waals surface area contributed by atoms with Gasteiger partial charge >= 0.3 is 5.97 Å². The molecule has 1 rings (SSSR count). The van der Waals surface area contributed by atoms with Gasteiger partial charge in [-0.25, -0.2) is 4.39 Å². The number of nitriles is 1. The Labute approximate surface area is 105 Å². The van der Waals surface area contributed by atoms with Crippen molar-refractivity contribution in [1.82, 2.24) is 0 Å². The molecule has 1 aromatic rings. The van der Waals surface area contributed by atoms with Crippen LogP contribution in [0, 0.1) is 17.1 Å². The average molecular weight is 250 g/mol. The van der Waals surface area contributed by atoms with Crippen molar-refractivity contribution in [1.29, 1.82) is 5.26 Å². The molecule has 0 saturated carbocycles. The van der Waals surface area contributed by atoms with E-state index in [1.54, 1.807) is 4.90 Å². The Kier molecular flexibility index (Phi) is 4.67. The number of carboxylic acid groups (broad SMARTS) is 1. The Morgan fingerprint density at radius 2 is 2.28 bits per heavy atom. The van der Waals surface area contributed by atoms with E-state index in [0.717, 1.165) is 12.5 Å². The van der Waals surface area contributed by atoms with Crippen LogP contribution < -0.4 is 4.90 Å². The van der Waals surface area contributed by atoms with Crippen LogP contribution in [0.4, 0.5) is 10.1 Å². The Morgan fingerprint density at radius 3 is 2.78 bits per heavy atom. The molecule has 1 aromatic carbocycles. The third kappa shape index (κ3) is 3.20. The first kappa shape index (κ1) is 14.0. The van der Waals surface area contributed by atoms with Crippen LogP contribution in [0.25, 0.3) is 0 Å². The fraction of sp³-hybridized carbons (Fsp3) is 0.385. The van der Waals surface area contributed by atoms with Gasteiger partial charge in [0.2, 0.25) is 0 Å². The number of rotatable bonds is 5. The molecule has 1 atom stereocenters. The maximum Gasteiger partial charge on any atom is 0.323 e. The summed E-state index contributed by atoms with van der Waals surface area (Å²) in [7, 11) is 0. The number of benzene rings is 1. The first-order valence-electron chi connectivity index (χ1n) is 5.67. The predicted molar refractivity (Wildman–Crippen MR) is 65.8 cm³/mol. The molecule has 4 nitrogen and oxygen atoms in total. The number of hydrogen-bond acceptors (Lipinski definition) is 3. The molecule has 0 aliphatic heterocycles. The van der Waals surface area contributed by atoms with Crippen molar-refractivity contribution in [3.63, 3.8) is 0 Å². The molecule has 0 saturated heterocycles. The molecule has 0 aliphatic carbocycles. The largest absolute Gasteiger partial charge is 0.480 e. The van der Waals surface area contributed by atoms with Crippen LogP contribution in [-0.2, 0) is 4.79 Å². The van der Waals surface area contributed by atoms with Crippen LogP contribution in [0.5, 0.6) is 0 Å². The highest BCUT2D eigenvalue weighted by Gasteiger charge is 2.19. The number of carboxylic acids is 1. The molecular formula is C13H15FN2O2. The van der Waals surface area contributed by atoms with Crippen LogP contribution in [0.15, 0.2) is 18.2 Å². The van der Waals surface area contributed by atoms with Crippen molar-refractivity contribution in [2.75, 3.05) is 11.4 Å². The van der Waals surface area contributed by atoms with Gasteiger partial charge in [0.1, 0.15) is 18.4 Å². The number of carbonyl (C=O) groups is 1. The van der Waals surface area contributed by atoms with Gasteiger partial charge in [-0.1, -0.05) is 6.92 Å². The maximum absolute atomic E-state index is 13.1. The molecular weight excluding hydrogens is 235 g/mol. The van der Waals surface area contributed by atoms with Crippen LogP contribution in [0.3, 0.4) is 0 Å². The smallest absolute Gasteiger partial charge is 0.323 e. The van der Waals surface area contributed by atoms with Gasteiger partial charge in [-0.2, -0.15) is 5.26 Å². The van der Waals surface area contributed by atoms with E-state index >= 15 is 0 Å². The predicted octanol–water partition coefficient (Wildman–Crippen LogP) is 2.39. The Morgan fingerprint density at radius 1 is 1.61 bits per heavy atom. The van der Waals surface area contributed by atoms with Crippen LogP contribution in [0.2, 0.25) is 0 Å². The summed E-state index contributed by atoms with van der Waals surface area (Å²) >= 11 is 0. The second-order valence-electron chi connectivity index (χ2n) is 4.05. The quantitative estimate of drug-likeness (QED) is 0.871. The van der Waals surface area contributed by atoms with E-state index in [4.69, 9.17) is 10.4 Å². The standard InChI is InChI=1S/C13H15FN2O2/c1-3-9(2)16(8-13(17)18)12-5-4-11(14)6-10(12)7-15/h4-6,9H,3,8H2,1-2H3,(H,17,18). The second kappa shape index (κ2) is 6.01. The zero-order valence-corrected chi connectivity index (χ0v) is 10.4. The zero-order chi connectivity index (χ0) is 13.7. The van der Waals surface area contributed by atoms with Gasteiger partial charge in [-0.15, -0.1) is 0 Å². The summed E-state index contributed by atoms with van der Waals surface area (Å²) in [6.45, 7) is 3.58. The molecule has 0 aromatic heterocycles. The van der Waals surface area contributed by atoms with E-state index in [-0.39, 0.29) is 18.2 Å². The van der Waals surface area contributed by atoms with Crippen molar-refractivity contribution < 1.29 is 14.3 Å². The number of hydrogen-bond donors (Lipinski definition) is 1. The number of anilines is 1. The highest BCUT2D eigenvalue weighted by atomic mass is 19.1. The van der Waals surface area contributed by atoms with Gasteiger partial charge in [0.15, 0.2) is 0 Å². The molecule has 1 N–H and O–H groups in total. The summed E-state index contributed by atoms with van der Waals surface area (Å²) in [5, 5.41) is 17.9. The molecule has 0 spiro atoms. The minimum Gasteiger partial charge on any atom is -0.480 e. The second-order valence-corrected chi connectivity index (χ2v) is 4.05. The zero-order valence-electron chi connectivity index (χ0n) is 10.4. The van der Waals surface area contributed by atoms with E-state index in [9.17, 15) is 9.18 Å². The van der Waals surface area contributed by atoms with E-state index in [1.165, 1.54) is 12.1 Å². The van der Waals surface area contributed by atoms with Crippen molar-refractivity contribution in [2.24, 2.45) is 0 Å². The van der Waals surface area contributed by atoms with Crippen molar-refractivity contribution in [2.45, 2.75) is 26.3 Å². The molecule has 0 amide bonds. The Bertz CT molecular complexity index is 482. The van der Waals surface area contributed by atoms with E-state index < -0.39 is 11.8 Å². The molecule has 0 heterocycles. The first-order valence-corrected chi connectivity index (χ1v) is 5.67. The van der Waals surface area contributed by atoms with Gasteiger partial charge in [0.25, 0.3) is 0 Å². The summed E-state index contributed by atoms with van der Waals surface area (Å²) in [4.78, 5) is 12.5. The Balaban J connectivity index is 3.20. The monoisotopic (exact) mass is 250 g/mol. The fourth-order valence-electron chi connectivity index (χ4n) is 1.69. The molecule has 0 aliphatic rings. The van der Waals surface area contributed by atoms with Gasteiger partial charge in [0.05, 0.1) is 11.3 Å². The van der Waals surface area contributed by atoms with Crippen LogP contribution >= 0.6 is 0 Å². The summed E-state index contributed by atoms with van der Waals surface area (Å²) in [6, 6.07) is 5.65. The molecule has 0 fully saturated rings. The van der Waals surface area contributed by atoms with Gasteiger partial charge in [-0.3, -0.25) is 4.79 Å². The molecule has 1 unspecified atom stereocenters. The lowest BCUT2D eigenvalue weighted by Gasteiger charge is -2.29. The lowest BCUT2D eigenvalue weighted by atomic mass is 10.1. The summed E-state index contributed by atoms with van der Waals surface area (Å²) in [5.74, 6) is -1.49. The first-order chi connectivity index (χ1) is 8.49. The van der Waals surface area contributed by atoms with Gasteiger partial charge < -0.3 is 10.0 Å². The minimum absolute atomic E-state index is 0.0429. The Hall–Kier alpha value is -2.09. The third-order valence-electron chi connectivity index (χ3n) is 2.82. The SMILES string of the molecule is CCC(C)N(CC(=O)O)c1ccc(F)cc1C#N. The molecule has 0 radical (unpaired) electrons. The summed E-state index contributed by atoms with van der Waals surface area (Å²) < 4.78 is 13.1. The van der Waals surface area contributed by atoms with Gasteiger partial charge in [-0.05, 0) is 31.5 Å². The molecule has 18 heavy (non-hydrogen) atoms. The molecule has 5 heteroatoms. The van der Waals surface area contributed by atoms with Crippen molar-refractivity contribution in [3.05, 3.63) is 29.6 Å². The summed E-state index contributed by atoms with van der Waals surface area (Å²) in [5.41, 5.74) is 0.604. The number of aliphatic carboxylic acids is 1. The summed E-state index contributed by atoms with van der Waals surface area (Å²) in [6.07, 6.45) is 0.732. The van der Waals surface area contributed by atoms with Crippen LogP contribution in [-0.4, -0.2) is 23.7 Å². The van der Waals surface area contributed by atoms with Crippen molar-refractivity contribution >= 4 is 11.7 Å². The van der Waals surface area contributed by atoms with E-state index in [0.29, 0.717) is 5.69 Å². The van der Waals surface area contributed by atoms with E-state index in [2.05, 4.69) is 0 Å². The minimum atomic E-state index is -0.983. The van der Waals surface area contributed by atoms with Crippen LogP contribution in [0.1, 0.15) is 25.8 Å². The number of halogens is 1.